The first-order chi connectivity index (χ1) is 7.91. The van der Waals surface area contributed by atoms with Crippen LogP contribution in [0.2, 0.25) is 0 Å². The predicted octanol–water partition coefficient (Wildman–Crippen LogP) is 0.779. The van der Waals surface area contributed by atoms with Gasteiger partial charge in [0.15, 0.2) is 0 Å². The van der Waals surface area contributed by atoms with Crippen molar-refractivity contribution in [3.05, 3.63) is 0 Å². The van der Waals surface area contributed by atoms with Gasteiger partial charge in [-0.25, -0.2) is 0 Å². The molecule has 0 aromatic heterocycles. The first-order valence-electron chi connectivity index (χ1n) is 6.65. The maximum atomic E-state index is 12.1. The third-order valence-electron chi connectivity index (χ3n) is 4.68. The second-order valence-electron chi connectivity index (χ2n) is 6.25. The summed E-state index contributed by atoms with van der Waals surface area (Å²) >= 11 is 0. The number of hydrogen-bond donors (Lipinski definition) is 3. The first-order valence-corrected chi connectivity index (χ1v) is 6.65. The molecule has 2 atom stereocenters. The van der Waals surface area contributed by atoms with Crippen molar-refractivity contribution in [1.29, 1.82) is 0 Å². The van der Waals surface area contributed by atoms with Crippen LogP contribution >= 0.6 is 0 Å². The molecular weight excluding hydrogens is 216 g/mol. The summed E-state index contributed by atoms with van der Waals surface area (Å²) in [6.07, 6.45) is 4.12. The van der Waals surface area contributed by atoms with E-state index in [1.165, 1.54) is 0 Å². The second-order valence-corrected chi connectivity index (χ2v) is 6.25. The lowest BCUT2D eigenvalue weighted by Crippen LogP contribution is -2.62. The summed E-state index contributed by atoms with van der Waals surface area (Å²) in [7, 11) is 0. The molecule has 2 fully saturated rings. The summed E-state index contributed by atoms with van der Waals surface area (Å²) < 4.78 is 0. The number of rotatable bonds is 2. The Morgan fingerprint density at radius 3 is 2.35 bits per heavy atom. The number of amides is 1. The molecule has 0 bridgehead atoms. The Labute approximate surface area is 103 Å². The van der Waals surface area contributed by atoms with Crippen molar-refractivity contribution >= 4 is 5.91 Å². The normalized spacial score (nSPS) is 40.5. The molecule has 4 nitrogen and oxygen atoms in total. The zero-order chi connectivity index (χ0) is 12.6. The van der Waals surface area contributed by atoms with E-state index in [0.29, 0.717) is 6.42 Å². The van der Waals surface area contributed by atoms with E-state index < -0.39 is 0 Å². The van der Waals surface area contributed by atoms with E-state index in [4.69, 9.17) is 5.73 Å². The van der Waals surface area contributed by atoms with Crippen molar-refractivity contribution in [3.8, 4) is 0 Å². The molecule has 0 aromatic rings. The van der Waals surface area contributed by atoms with E-state index in [2.05, 4.69) is 5.32 Å². The van der Waals surface area contributed by atoms with Crippen LogP contribution in [-0.4, -0.2) is 29.2 Å². The molecule has 4 heteroatoms. The minimum atomic E-state index is -0.285. The topological polar surface area (TPSA) is 75.3 Å². The molecule has 2 rings (SSSR count). The molecule has 98 valence electrons. The molecule has 0 aliphatic heterocycles. The Hall–Kier alpha value is -0.610. The van der Waals surface area contributed by atoms with Crippen molar-refractivity contribution in [2.45, 2.75) is 64.1 Å². The van der Waals surface area contributed by atoms with Gasteiger partial charge in [0.25, 0.3) is 0 Å². The highest BCUT2D eigenvalue weighted by molar-refractivity contribution is 5.79. The van der Waals surface area contributed by atoms with Crippen LogP contribution < -0.4 is 11.1 Å². The van der Waals surface area contributed by atoms with Crippen molar-refractivity contribution < 1.29 is 9.90 Å². The molecule has 0 radical (unpaired) electrons. The molecule has 2 aliphatic rings. The number of hydrogen-bond acceptors (Lipinski definition) is 3. The maximum Gasteiger partial charge on any atom is 0.223 e. The number of aliphatic hydroxyl groups excluding tert-OH is 1. The van der Waals surface area contributed by atoms with Crippen LogP contribution in [0.3, 0.4) is 0 Å². The van der Waals surface area contributed by atoms with Gasteiger partial charge in [-0.3, -0.25) is 4.79 Å². The van der Waals surface area contributed by atoms with Gasteiger partial charge < -0.3 is 16.2 Å². The van der Waals surface area contributed by atoms with Crippen molar-refractivity contribution in [2.75, 3.05) is 0 Å². The van der Waals surface area contributed by atoms with Crippen LogP contribution in [0.5, 0.6) is 0 Å². The van der Waals surface area contributed by atoms with Crippen LogP contribution in [0, 0.1) is 11.3 Å². The minimum absolute atomic E-state index is 0.126. The van der Waals surface area contributed by atoms with Gasteiger partial charge in [0, 0.05) is 23.4 Å². The molecule has 0 spiro atoms. The largest absolute Gasteiger partial charge is 0.392 e. The lowest BCUT2D eigenvalue weighted by atomic mass is 9.64. The van der Waals surface area contributed by atoms with Gasteiger partial charge in [-0.2, -0.15) is 0 Å². The van der Waals surface area contributed by atoms with E-state index in [0.717, 1.165) is 25.7 Å². The summed E-state index contributed by atoms with van der Waals surface area (Å²) in [5, 5.41) is 12.7. The molecule has 17 heavy (non-hydrogen) atoms. The average Bonchev–Trinajstić information content (AvgIpc) is 2.29. The molecular formula is C13H24N2O2. The van der Waals surface area contributed by atoms with Crippen LogP contribution in [0.1, 0.15) is 46.0 Å². The van der Waals surface area contributed by atoms with E-state index >= 15 is 0 Å². The third kappa shape index (κ3) is 2.47. The SMILES string of the molecule is CC1(C)C(O)CC1NC(=O)C1CCC(N)CC1. The minimum Gasteiger partial charge on any atom is -0.392 e. The molecule has 0 aromatic carbocycles. The van der Waals surface area contributed by atoms with Crippen LogP contribution in [0.25, 0.3) is 0 Å². The first kappa shape index (κ1) is 12.8. The highest BCUT2D eigenvalue weighted by Crippen LogP contribution is 2.40. The molecule has 4 N–H and O–H groups in total. The summed E-state index contributed by atoms with van der Waals surface area (Å²) in [5.74, 6) is 0.283. The Balaban J connectivity index is 1.82. The van der Waals surface area contributed by atoms with E-state index in [9.17, 15) is 9.90 Å². The Morgan fingerprint density at radius 2 is 1.88 bits per heavy atom. The Bertz CT molecular complexity index is 296. The zero-order valence-corrected chi connectivity index (χ0v) is 10.8. The standard InChI is InChI=1S/C13H24N2O2/c1-13(2)10(7-11(13)16)15-12(17)8-3-5-9(14)6-4-8/h8-11,16H,3-7,14H2,1-2H3,(H,15,17). The monoisotopic (exact) mass is 240 g/mol. The van der Waals surface area contributed by atoms with Gasteiger partial charge in [-0.1, -0.05) is 13.8 Å². The number of nitrogens with two attached hydrogens (primary N) is 1. The van der Waals surface area contributed by atoms with Crippen molar-refractivity contribution in [3.63, 3.8) is 0 Å². The number of carbonyl (C=O) groups excluding carboxylic acids is 1. The lowest BCUT2D eigenvalue weighted by Gasteiger charge is -2.49. The van der Waals surface area contributed by atoms with Gasteiger partial charge >= 0.3 is 0 Å². The van der Waals surface area contributed by atoms with Crippen LogP contribution in [0.4, 0.5) is 0 Å². The second kappa shape index (κ2) is 4.58. The fraction of sp³-hybridized carbons (Fsp3) is 0.923. The molecule has 0 saturated heterocycles. The fourth-order valence-electron chi connectivity index (χ4n) is 2.82. The lowest BCUT2D eigenvalue weighted by molar-refractivity contribution is -0.134. The smallest absolute Gasteiger partial charge is 0.223 e. The summed E-state index contributed by atoms with van der Waals surface area (Å²) in [6.45, 7) is 4.01. The molecule has 1 amide bonds. The van der Waals surface area contributed by atoms with Crippen molar-refractivity contribution in [1.82, 2.24) is 5.32 Å². The van der Waals surface area contributed by atoms with Crippen LogP contribution in [0.15, 0.2) is 0 Å². The predicted molar refractivity (Wildman–Crippen MR) is 66.3 cm³/mol. The van der Waals surface area contributed by atoms with Gasteiger partial charge in [-0.15, -0.1) is 0 Å². The van der Waals surface area contributed by atoms with Gasteiger partial charge in [-0.05, 0) is 32.1 Å². The number of nitrogens with one attached hydrogen (secondary N) is 1. The van der Waals surface area contributed by atoms with E-state index in [1.54, 1.807) is 0 Å². The maximum absolute atomic E-state index is 12.1. The quantitative estimate of drug-likeness (QED) is 0.667. The molecule has 2 saturated carbocycles. The van der Waals surface area contributed by atoms with Gasteiger partial charge in [0.2, 0.25) is 5.91 Å². The molecule has 2 unspecified atom stereocenters. The number of carbonyl (C=O) groups is 1. The van der Waals surface area contributed by atoms with Crippen molar-refractivity contribution in [2.24, 2.45) is 17.1 Å². The fourth-order valence-corrected chi connectivity index (χ4v) is 2.82. The number of aliphatic hydroxyl groups is 1. The molecule has 0 heterocycles. The summed E-state index contributed by atoms with van der Waals surface area (Å²) in [4.78, 5) is 12.1. The van der Waals surface area contributed by atoms with Gasteiger partial charge in [0.1, 0.15) is 0 Å². The highest BCUT2D eigenvalue weighted by atomic mass is 16.3. The highest BCUT2D eigenvalue weighted by Gasteiger charge is 2.48. The summed E-state index contributed by atoms with van der Waals surface area (Å²) in [6, 6.07) is 0.404. The zero-order valence-electron chi connectivity index (χ0n) is 10.8. The van der Waals surface area contributed by atoms with E-state index in [-0.39, 0.29) is 35.4 Å². The Kier molecular flexibility index (Phi) is 3.46. The third-order valence-corrected chi connectivity index (χ3v) is 4.68. The van der Waals surface area contributed by atoms with Gasteiger partial charge in [0.05, 0.1) is 6.10 Å². The summed E-state index contributed by atoms with van der Waals surface area (Å²) in [5.41, 5.74) is 5.65. The Morgan fingerprint density at radius 1 is 1.29 bits per heavy atom. The van der Waals surface area contributed by atoms with E-state index in [1.807, 2.05) is 13.8 Å². The molecule has 2 aliphatic carbocycles. The average molecular weight is 240 g/mol. The van der Waals surface area contributed by atoms with Crippen LogP contribution in [-0.2, 0) is 4.79 Å².